The molecule has 1 aromatic carbocycles. The highest BCUT2D eigenvalue weighted by atomic mass is 35.5. The molecule has 0 spiro atoms. The van der Waals surface area contributed by atoms with Crippen molar-refractivity contribution in [1.82, 2.24) is 4.98 Å². The Morgan fingerprint density at radius 3 is 2.71 bits per heavy atom. The molecule has 3 nitrogen and oxygen atoms in total. The van der Waals surface area contributed by atoms with Crippen LogP contribution in [0.15, 0.2) is 35.3 Å². The van der Waals surface area contributed by atoms with Crippen molar-refractivity contribution in [3.63, 3.8) is 0 Å². The molecule has 0 fully saturated rings. The van der Waals surface area contributed by atoms with Gasteiger partial charge in [0.2, 0.25) is 0 Å². The van der Waals surface area contributed by atoms with Crippen molar-refractivity contribution >= 4 is 23.2 Å². The van der Waals surface area contributed by atoms with Crippen LogP contribution in [-0.4, -0.2) is 4.98 Å². The summed E-state index contributed by atoms with van der Waals surface area (Å²) < 4.78 is 10.1. The maximum atomic E-state index is 5.80. The number of halogens is 2. The Kier molecular flexibility index (Phi) is 2.61. The highest BCUT2D eigenvalue weighted by molar-refractivity contribution is 6.42. The van der Waals surface area contributed by atoms with Crippen molar-refractivity contribution in [3.8, 4) is 11.6 Å². The van der Waals surface area contributed by atoms with E-state index in [4.69, 9.17) is 32.4 Å². The Morgan fingerprint density at radius 1 is 1.21 bits per heavy atom. The third-order valence-corrected chi connectivity index (χ3v) is 2.26. The highest BCUT2D eigenvalue weighted by Gasteiger charge is 2.02. The van der Waals surface area contributed by atoms with Gasteiger partial charge in [-0.1, -0.05) is 23.2 Å². The molecule has 0 saturated carbocycles. The van der Waals surface area contributed by atoms with E-state index in [1.165, 1.54) is 12.7 Å². The molecule has 0 aliphatic heterocycles. The molecule has 2 aromatic rings. The van der Waals surface area contributed by atoms with Crippen LogP contribution in [0, 0.1) is 0 Å². The fourth-order valence-electron chi connectivity index (χ4n) is 0.913. The van der Waals surface area contributed by atoms with Crippen LogP contribution in [0.5, 0.6) is 11.6 Å². The van der Waals surface area contributed by atoms with Crippen LogP contribution in [0.25, 0.3) is 0 Å². The fraction of sp³-hybridized carbons (Fsp3) is 0. The summed E-state index contributed by atoms with van der Waals surface area (Å²) in [6, 6.07) is 4.96. The fourth-order valence-corrected chi connectivity index (χ4v) is 1.20. The van der Waals surface area contributed by atoms with E-state index in [1.54, 1.807) is 18.2 Å². The van der Waals surface area contributed by atoms with Gasteiger partial charge >= 0.3 is 0 Å². The molecule has 0 radical (unpaired) electrons. The van der Waals surface area contributed by atoms with Crippen LogP contribution < -0.4 is 4.74 Å². The summed E-state index contributed by atoms with van der Waals surface area (Å²) >= 11 is 11.5. The lowest BCUT2D eigenvalue weighted by Crippen LogP contribution is -1.83. The summed E-state index contributed by atoms with van der Waals surface area (Å²) in [6.45, 7) is 0. The maximum Gasteiger partial charge on any atom is 0.258 e. The number of benzene rings is 1. The number of ether oxygens (including phenoxy) is 1. The summed E-state index contributed by atoms with van der Waals surface area (Å²) in [7, 11) is 0. The van der Waals surface area contributed by atoms with Gasteiger partial charge in [-0.25, -0.2) is 0 Å². The van der Waals surface area contributed by atoms with Crippen LogP contribution in [0.3, 0.4) is 0 Å². The second kappa shape index (κ2) is 3.90. The SMILES string of the molecule is Clc1ccc(Oc2cocn2)cc1Cl. The summed E-state index contributed by atoms with van der Waals surface area (Å²) in [5.74, 6) is 0.941. The summed E-state index contributed by atoms with van der Waals surface area (Å²) in [4.78, 5) is 3.80. The minimum absolute atomic E-state index is 0.378. The first-order valence-corrected chi connectivity index (χ1v) is 4.52. The van der Waals surface area contributed by atoms with Gasteiger partial charge < -0.3 is 9.15 Å². The highest BCUT2D eigenvalue weighted by Crippen LogP contribution is 2.28. The first-order chi connectivity index (χ1) is 6.75. The average Bonchev–Trinajstić information content (AvgIpc) is 2.64. The van der Waals surface area contributed by atoms with Gasteiger partial charge in [-0.15, -0.1) is 0 Å². The van der Waals surface area contributed by atoms with E-state index in [1.807, 2.05) is 0 Å². The van der Waals surface area contributed by atoms with Crippen LogP contribution in [0.1, 0.15) is 0 Å². The van der Waals surface area contributed by atoms with E-state index in [-0.39, 0.29) is 0 Å². The zero-order valence-electron chi connectivity index (χ0n) is 6.91. The van der Waals surface area contributed by atoms with Gasteiger partial charge in [0.25, 0.3) is 5.88 Å². The second-order valence-electron chi connectivity index (χ2n) is 2.50. The minimum Gasteiger partial charge on any atom is -0.448 e. The zero-order chi connectivity index (χ0) is 9.97. The molecule has 1 heterocycles. The van der Waals surface area contributed by atoms with Crippen molar-refractivity contribution in [2.45, 2.75) is 0 Å². The molecule has 1 aromatic heterocycles. The van der Waals surface area contributed by atoms with Gasteiger partial charge in [-0.2, -0.15) is 4.98 Å². The lowest BCUT2D eigenvalue weighted by molar-refractivity contribution is 0.457. The molecule has 0 N–H and O–H groups in total. The molecule has 0 bridgehead atoms. The van der Waals surface area contributed by atoms with Gasteiger partial charge in [0.15, 0.2) is 12.7 Å². The predicted molar refractivity (Wildman–Crippen MR) is 53.0 cm³/mol. The van der Waals surface area contributed by atoms with E-state index >= 15 is 0 Å². The van der Waals surface area contributed by atoms with Crippen molar-refractivity contribution in [2.24, 2.45) is 0 Å². The smallest absolute Gasteiger partial charge is 0.258 e. The number of hydrogen-bond donors (Lipinski definition) is 0. The first-order valence-electron chi connectivity index (χ1n) is 3.77. The van der Waals surface area contributed by atoms with E-state index in [0.29, 0.717) is 21.7 Å². The Labute approximate surface area is 90.2 Å². The van der Waals surface area contributed by atoms with Gasteiger partial charge in [-0.05, 0) is 12.1 Å². The predicted octanol–water partition coefficient (Wildman–Crippen LogP) is 3.77. The van der Waals surface area contributed by atoms with Crippen LogP contribution in [0.2, 0.25) is 10.0 Å². The Morgan fingerprint density at radius 2 is 2.07 bits per heavy atom. The largest absolute Gasteiger partial charge is 0.448 e. The van der Waals surface area contributed by atoms with Gasteiger partial charge in [-0.3, -0.25) is 0 Å². The molecule has 0 saturated heterocycles. The van der Waals surface area contributed by atoms with Crippen molar-refractivity contribution in [1.29, 1.82) is 0 Å². The molecule has 5 heteroatoms. The first kappa shape index (κ1) is 9.37. The lowest BCUT2D eigenvalue weighted by atomic mass is 10.3. The quantitative estimate of drug-likeness (QED) is 0.787. The summed E-state index contributed by atoms with van der Waals surface area (Å²) in [5.41, 5.74) is 0. The average molecular weight is 230 g/mol. The standard InChI is InChI=1S/C9H5Cl2NO2/c10-7-2-1-6(3-8(7)11)14-9-4-13-5-12-9/h1-5H. The molecule has 0 aliphatic carbocycles. The second-order valence-corrected chi connectivity index (χ2v) is 3.32. The van der Waals surface area contributed by atoms with E-state index < -0.39 is 0 Å². The van der Waals surface area contributed by atoms with Gasteiger partial charge in [0, 0.05) is 6.07 Å². The van der Waals surface area contributed by atoms with Crippen LogP contribution >= 0.6 is 23.2 Å². The van der Waals surface area contributed by atoms with Crippen molar-refractivity contribution < 1.29 is 9.15 Å². The third-order valence-electron chi connectivity index (χ3n) is 1.52. The van der Waals surface area contributed by atoms with Crippen LogP contribution in [-0.2, 0) is 0 Å². The zero-order valence-corrected chi connectivity index (χ0v) is 8.42. The molecule has 0 atom stereocenters. The van der Waals surface area contributed by atoms with Crippen molar-refractivity contribution in [2.75, 3.05) is 0 Å². The molecule has 2 rings (SSSR count). The third kappa shape index (κ3) is 2.00. The number of nitrogens with zero attached hydrogens (tertiary/aromatic N) is 1. The van der Waals surface area contributed by atoms with E-state index in [2.05, 4.69) is 4.98 Å². The molecular formula is C9H5Cl2NO2. The monoisotopic (exact) mass is 229 g/mol. The lowest BCUT2D eigenvalue weighted by Gasteiger charge is -2.02. The molecule has 72 valence electrons. The normalized spacial score (nSPS) is 10.1. The summed E-state index contributed by atoms with van der Waals surface area (Å²) in [5, 5.41) is 0.923. The minimum atomic E-state index is 0.378. The van der Waals surface area contributed by atoms with E-state index in [9.17, 15) is 0 Å². The molecule has 0 aliphatic rings. The summed E-state index contributed by atoms with van der Waals surface area (Å²) in [6.07, 6.45) is 2.68. The number of rotatable bonds is 2. The van der Waals surface area contributed by atoms with E-state index in [0.717, 1.165) is 0 Å². The van der Waals surface area contributed by atoms with Crippen molar-refractivity contribution in [3.05, 3.63) is 40.9 Å². The Bertz CT molecular complexity index is 428. The topological polar surface area (TPSA) is 35.3 Å². The van der Waals surface area contributed by atoms with Crippen LogP contribution in [0.4, 0.5) is 0 Å². The van der Waals surface area contributed by atoms with Gasteiger partial charge in [0.1, 0.15) is 5.75 Å². The maximum absolute atomic E-state index is 5.80. The molecule has 14 heavy (non-hydrogen) atoms. The Hall–Kier alpha value is -1.19. The van der Waals surface area contributed by atoms with Gasteiger partial charge in [0.05, 0.1) is 10.0 Å². The number of oxazole rings is 1. The molecule has 0 unspecified atom stereocenters. The number of aromatic nitrogens is 1. The molecular weight excluding hydrogens is 225 g/mol. The Balaban J connectivity index is 2.22. The molecule has 0 amide bonds. The number of hydrogen-bond acceptors (Lipinski definition) is 3.